The first kappa shape index (κ1) is 42.3. The number of rotatable bonds is 4. The number of allylic oxidation sites excluding steroid dienone is 4. The van der Waals surface area contributed by atoms with Gasteiger partial charge in [0.1, 0.15) is 0 Å². The number of benzene rings is 11. The Morgan fingerprint density at radius 1 is 0.295 bits per heavy atom. The van der Waals surface area contributed by atoms with Crippen molar-refractivity contribution in [2.24, 2.45) is 5.92 Å². The van der Waals surface area contributed by atoms with Gasteiger partial charge in [-0.05, 0) is 124 Å². The number of nitrogens with zero attached hydrogens (tertiary/aromatic N) is 4. The second-order valence-corrected chi connectivity index (χ2v) is 22.2. The summed E-state index contributed by atoms with van der Waals surface area (Å²) in [5.74, 6) is -0.0601. The van der Waals surface area contributed by atoms with Crippen LogP contribution in [0.4, 0.5) is 0 Å². The zero-order valence-electron chi connectivity index (χ0n) is 42.8. The largest absolute Gasteiger partial charge is 0.310 e. The predicted molar refractivity (Wildman–Crippen MR) is 325 cm³/mol. The van der Waals surface area contributed by atoms with E-state index in [1.807, 2.05) is 0 Å². The van der Waals surface area contributed by atoms with Gasteiger partial charge < -0.3 is 18.3 Å². The van der Waals surface area contributed by atoms with Crippen LogP contribution in [0.3, 0.4) is 0 Å². The first-order valence-corrected chi connectivity index (χ1v) is 27.4. The number of aromatic nitrogens is 4. The van der Waals surface area contributed by atoms with Crippen molar-refractivity contribution in [2.45, 2.75) is 17.8 Å². The van der Waals surface area contributed by atoms with E-state index in [0.29, 0.717) is 0 Å². The molecule has 4 aromatic heterocycles. The van der Waals surface area contributed by atoms with Crippen molar-refractivity contribution in [2.75, 3.05) is 0 Å². The lowest BCUT2D eigenvalue weighted by atomic mass is 9.61. The van der Waals surface area contributed by atoms with Crippen LogP contribution in [0.1, 0.15) is 29.2 Å². The van der Waals surface area contributed by atoms with E-state index < -0.39 is 10.8 Å². The molecule has 11 aromatic carbocycles. The Kier molecular flexibility index (Phi) is 8.22. The van der Waals surface area contributed by atoms with E-state index in [0.717, 1.165) is 17.1 Å². The minimum atomic E-state index is -0.679. The molecule has 364 valence electrons. The molecule has 4 nitrogen and oxygen atoms in total. The number of para-hydroxylation sites is 8. The number of hydrogen-bond acceptors (Lipinski definition) is 0. The number of fused-ring (bicyclic) bond motifs is 22. The van der Waals surface area contributed by atoms with Gasteiger partial charge in [-0.25, -0.2) is 0 Å². The van der Waals surface area contributed by atoms with Gasteiger partial charge >= 0.3 is 0 Å². The Morgan fingerprint density at radius 2 is 0.590 bits per heavy atom. The molecule has 0 bridgehead atoms. The average molecular weight is 993 g/mol. The van der Waals surface area contributed by atoms with Gasteiger partial charge in [0.25, 0.3) is 0 Å². The second-order valence-electron chi connectivity index (χ2n) is 22.2. The van der Waals surface area contributed by atoms with Gasteiger partial charge in [0.2, 0.25) is 0 Å². The molecule has 15 aromatic rings. The van der Waals surface area contributed by atoms with Crippen molar-refractivity contribution in [1.82, 2.24) is 18.3 Å². The third-order valence-electron chi connectivity index (χ3n) is 18.6. The highest BCUT2D eigenvalue weighted by Gasteiger charge is 2.62. The monoisotopic (exact) mass is 992 g/mol. The van der Waals surface area contributed by atoms with E-state index in [1.165, 1.54) is 126 Å². The molecule has 2 atom stereocenters. The molecule has 18 rings (SSSR count). The van der Waals surface area contributed by atoms with Gasteiger partial charge in [-0.15, -0.1) is 0 Å². The van der Waals surface area contributed by atoms with Crippen LogP contribution in [-0.2, 0) is 10.8 Å². The van der Waals surface area contributed by atoms with Crippen LogP contribution in [0.5, 0.6) is 0 Å². The van der Waals surface area contributed by atoms with E-state index in [9.17, 15) is 0 Å². The van der Waals surface area contributed by atoms with Crippen molar-refractivity contribution in [3.8, 4) is 28.2 Å². The summed E-state index contributed by atoms with van der Waals surface area (Å²) < 4.78 is 10.1. The molecule has 3 aliphatic rings. The molecule has 0 saturated carbocycles. The third-order valence-corrected chi connectivity index (χ3v) is 18.6. The van der Waals surface area contributed by atoms with Crippen LogP contribution in [0.15, 0.2) is 267 Å². The van der Waals surface area contributed by atoms with Gasteiger partial charge in [0, 0.05) is 77.2 Å². The molecule has 1 spiro atoms. The Hall–Kier alpha value is -9.90. The number of hydrogen-bond donors (Lipinski definition) is 0. The lowest BCUT2D eigenvalue weighted by molar-refractivity contribution is 0.372. The molecule has 78 heavy (non-hydrogen) atoms. The normalized spacial score (nSPS) is 17.1. The highest BCUT2D eigenvalue weighted by atomic mass is 15.0. The molecular weight excluding hydrogens is 945 g/mol. The fourth-order valence-electron chi connectivity index (χ4n) is 15.4. The topological polar surface area (TPSA) is 19.7 Å². The molecule has 0 saturated heterocycles. The maximum atomic E-state index is 2.68. The van der Waals surface area contributed by atoms with Gasteiger partial charge in [-0.1, -0.05) is 183 Å². The fraction of sp³-hybridized carbons (Fsp3) is 0.0541. The second kappa shape index (κ2) is 15.2. The minimum absolute atomic E-state index is 0.0601. The molecule has 4 heteroatoms. The molecule has 3 aliphatic carbocycles. The Labute approximate surface area is 449 Å². The van der Waals surface area contributed by atoms with Crippen molar-refractivity contribution in [1.29, 1.82) is 0 Å². The molecule has 0 aliphatic heterocycles. The summed E-state index contributed by atoms with van der Waals surface area (Å²) in [7, 11) is 0. The Morgan fingerprint density at radius 3 is 0.936 bits per heavy atom. The molecule has 0 radical (unpaired) electrons. The summed E-state index contributed by atoms with van der Waals surface area (Å²) in [6, 6.07) is 93.7. The molecule has 0 amide bonds. The van der Waals surface area contributed by atoms with Gasteiger partial charge in [0.05, 0.1) is 49.5 Å². The average Bonchev–Trinajstić information content (AvgIpc) is 4.31. The summed E-state index contributed by atoms with van der Waals surface area (Å²) in [6.45, 7) is 2.52. The summed E-state index contributed by atoms with van der Waals surface area (Å²) >= 11 is 0. The maximum Gasteiger partial charge on any atom is 0.0543 e. The van der Waals surface area contributed by atoms with Crippen LogP contribution in [-0.4, -0.2) is 18.3 Å². The molecule has 0 fully saturated rings. The summed E-state index contributed by atoms with van der Waals surface area (Å²) in [5.41, 5.74) is 21.2. The summed E-state index contributed by atoms with van der Waals surface area (Å²) in [6.07, 6.45) is 7.67. The quantitative estimate of drug-likeness (QED) is 0.167. The summed E-state index contributed by atoms with van der Waals surface area (Å²) in [4.78, 5) is 0. The van der Waals surface area contributed by atoms with E-state index in [4.69, 9.17) is 0 Å². The van der Waals surface area contributed by atoms with Crippen LogP contribution >= 0.6 is 0 Å². The molecule has 0 N–H and O–H groups in total. The van der Waals surface area contributed by atoms with Crippen LogP contribution < -0.4 is 0 Å². The lowest BCUT2D eigenvalue weighted by Crippen LogP contribution is -2.39. The third kappa shape index (κ3) is 5.25. The molecule has 1 unspecified atom stereocenters. The van der Waals surface area contributed by atoms with Crippen LogP contribution in [0.2, 0.25) is 0 Å². The lowest BCUT2D eigenvalue weighted by Gasteiger charge is -2.41. The SMILES string of the molecule is C[C@@]12C=CC(n3c4ccccc4c4ccccc43)=CC1C1(c3cc(-n4c5ccccc5c5ccccc54)ccc3-c3ccc(-n4c5ccccc5c5ccccc54)cc31)c1cc(-n3c4ccccc4c4ccccc43)ccc12. The van der Waals surface area contributed by atoms with Crippen molar-refractivity contribution in [3.63, 3.8) is 0 Å². The van der Waals surface area contributed by atoms with Gasteiger partial charge in [0.15, 0.2) is 0 Å². The van der Waals surface area contributed by atoms with E-state index in [1.54, 1.807) is 0 Å². The van der Waals surface area contributed by atoms with Crippen molar-refractivity contribution >= 4 is 92.9 Å². The first-order valence-electron chi connectivity index (χ1n) is 27.4. The zero-order valence-corrected chi connectivity index (χ0v) is 42.8. The standard InChI is InChI=1S/C74H48N4/c1-73-41-40-49(78-70-32-16-8-24-58(70)59-25-9-17-33-71(59)78)45-72(73)74(63-44-48(36-39-60(63)73)77-68-30-14-6-22-56(68)57-23-7-15-31-69(57)77)61-42-46(75-64-26-10-2-18-52(64)53-19-3-11-27-65(53)75)34-37-50(61)51-38-35-47(43-62(51)74)76-66-28-12-4-20-54(66)55-21-5-13-29-67(55)76/h2-45,72H,1H3/t72?,73-/m0/s1. The first-order chi connectivity index (χ1) is 38.6. The zero-order chi connectivity index (χ0) is 51.0. The van der Waals surface area contributed by atoms with Crippen LogP contribution in [0.25, 0.3) is 121 Å². The van der Waals surface area contributed by atoms with Crippen LogP contribution in [0, 0.1) is 5.92 Å². The van der Waals surface area contributed by atoms with Crippen molar-refractivity contribution in [3.05, 3.63) is 289 Å². The molecule has 4 heterocycles. The summed E-state index contributed by atoms with van der Waals surface area (Å²) in [5, 5.41) is 10.1. The van der Waals surface area contributed by atoms with E-state index in [2.05, 4.69) is 292 Å². The Balaban J connectivity index is 0.995. The van der Waals surface area contributed by atoms with Gasteiger partial charge in [-0.3, -0.25) is 0 Å². The maximum absolute atomic E-state index is 2.68. The Bertz CT molecular complexity index is 4820. The van der Waals surface area contributed by atoms with E-state index in [-0.39, 0.29) is 5.92 Å². The van der Waals surface area contributed by atoms with Crippen molar-refractivity contribution < 1.29 is 0 Å². The highest BCUT2D eigenvalue weighted by Crippen LogP contribution is 2.68. The molecular formula is C74H48N4. The fourth-order valence-corrected chi connectivity index (χ4v) is 15.4. The predicted octanol–water partition coefficient (Wildman–Crippen LogP) is 18.4. The van der Waals surface area contributed by atoms with Gasteiger partial charge in [-0.2, -0.15) is 0 Å². The minimum Gasteiger partial charge on any atom is -0.310 e. The smallest absolute Gasteiger partial charge is 0.0543 e. The highest BCUT2D eigenvalue weighted by molar-refractivity contribution is 6.13. The van der Waals surface area contributed by atoms with E-state index >= 15 is 0 Å².